The Kier molecular flexibility index (Phi) is 7.20. The molecule has 0 radical (unpaired) electrons. The van der Waals surface area contributed by atoms with Gasteiger partial charge in [-0.25, -0.2) is 9.47 Å². The largest absolute Gasteiger partial charge is 0.462 e. The van der Waals surface area contributed by atoms with Gasteiger partial charge in [-0.1, -0.05) is 35.0 Å². The van der Waals surface area contributed by atoms with Crippen LogP contribution in [-0.4, -0.2) is 39.1 Å². The van der Waals surface area contributed by atoms with Crippen LogP contribution in [0.2, 0.25) is 10.0 Å². The number of nitrogens with two attached hydrogens (primary N) is 1. The minimum atomic E-state index is -0.412. The van der Waals surface area contributed by atoms with Crippen molar-refractivity contribution in [3.8, 4) is 11.4 Å². The lowest BCUT2D eigenvalue weighted by Gasteiger charge is -2.07. The number of thioether (sulfide) groups is 1. The molecule has 3 N–H and O–H groups in total. The Morgan fingerprint density at radius 3 is 2.57 bits per heavy atom. The number of ether oxygens (including phenoxy) is 1. The smallest absolute Gasteiger partial charge is 0.338 e. The molecule has 0 atom stereocenters. The fourth-order valence-electron chi connectivity index (χ4n) is 2.46. The number of esters is 1. The number of carbonyl (C=O) groups excluding carboxylic acids is 2. The van der Waals surface area contributed by atoms with Crippen LogP contribution in [-0.2, 0) is 9.53 Å². The first-order valence-corrected chi connectivity index (χ1v) is 10.5. The first-order chi connectivity index (χ1) is 14.4. The molecule has 11 heteroatoms. The summed E-state index contributed by atoms with van der Waals surface area (Å²) >= 11 is 13.2. The predicted octanol–water partition coefficient (Wildman–Crippen LogP) is 3.87. The van der Waals surface area contributed by atoms with Crippen LogP contribution >= 0.6 is 35.0 Å². The van der Waals surface area contributed by atoms with Gasteiger partial charge in [0.1, 0.15) is 0 Å². The Hall–Kier alpha value is -2.75. The van der Waals surface area contributed by atoms with Gasteiger partial charge in [-0.2, -0.15) is 0 Å². The van der Waals surface area contributed by atoms with Crippen molar-refractivity contribution in [2.75, 3.05) is 23.5 Å². The molecule has 0 spiro atoms. The second-order valence-corrected chi connectivity index (χ2v) is 7.72. The number of rotatable bonds is 7. The van der Waals surface area contributed by atoms with E-state index in [1.165, 1.54) is 4.68 Å². The molecule has 0 unspecified atom stereocenters. The monoisotopic (exact) mass is 465 g/mol. The van der Waals surface area contributed by atoms with E-state index in [1.807, 2.05) is 0 Å². The maximum Gasteiger partial charge on any atom is 0.338 e. The van der Waals surface area contributed by atoms with E-state index in [0.717, 1.165) is 11.8 Å². The van der Waals surface area contributed by atoms with E-state index in [9.17, 15) is 9.59 Å². The average Bonchev–Trinajstić information content (AvgIpc) is 3.07. The van der Waals surface area contributed by atoms with Crippen molar-refractivity contribution in [3.05, 3.63) is 58.1 Å². The lowest BCUT2D eigenvalue weighted by atomic mass is 10.2. The first-order valence-electron chi connectivity index (χ1n) is 8.74. The minimum absolute atomic E-state index is 0.0588. The first kappa shape index (κ1) is 21.9. The second-order valence-electron chi connectivity index (χ2n) is 5.94. The van der Waals surface area contributed by atoms with Gasteiger partial charge in [-0.15, -0.1) is 10.2 Å². The van der Waals surface area contributed by atoms with Gasteiger partial charge in [0.15, 0.2) is 5.82 Å². The quantitative estimate of drug-likeness (QED) is 0.309. The molecule has 1 heterocycles. The molecule has 0 aliphatic rings. The SMILES string of the molecule is CCOC(=O)c1ccc(NC(=O)CSc2nnc(-c3ccc(Cl)cc3Cl)n2N)cc1. The summed E-state index contributed by atoms with van der Waals surface area (Å²) in [5.41, 5.74) is 1.54. The summed E-state index contributed by atoms with van der Waals surface area (Å²) < 4.78 is 6.19. The Balaban J connectivity index is 1.60. The highest BCUT2D eigenvalue weighted by Gasteiger charge is 2.16. The van der Waals surface area contributed by atoms with E-state index >= 15 is 0 Å². The van der Waals surface area contributed by atoms with E-state index in [0.29, 0.717) is 44.4 Å². The number of nitrogens with one attached hydrogen (secondary N) is 1. The molecule has 1 amide bonds. The number of aromatic nitrogens is 3. The lowest BCUT2D eigenvalue weighted by Crippen LogP contribution is -2.16. The Bertz CT molecular complexity index is 1070. The molecule has 0 saturated heterocycles. The predicted molar refractivity (Wildman–Crippen MR) is 117 cm³/mol. The van der Waals surface area contributed by atoms with Crippen LogP contribution in [0.4, 0.5) is 5.69 Å². The summed E-state index contributed by atoms with van der Waals surface area (Å²) in [7, 11) is 0. The number of carbonyl (C=O) groups is 2. The van der Waals surface area contributed by atoms with E-state index in [-0.39, 0.29) is 11.7 Å². The van der Waals surface area contributed by atoms with Gasteiger partial charge in [0, 0.05) is 16.3 Å². The van der Waals surface area contributed by atoms with Gasteiger partial charge in [0.05, 0.1) is 22.9 Å². The number of hydrogen-bond acceptors (Lipinski definition) is 7. The highest BCUT2D eigenvalue weighted by Crippen LogP contribution is 2.30. The van der Waals surface area contributed by atoms with E-state index < -0.39 is 5.97 Å². The van der Waals surface area contributed by atoms with Gasteiger partial charge < -0.3 is 15.9 Å². The molecule has 0 bridgehead atoms. The Morgan fingerprint density at radius 1 is 1.17 bits per heavy atom. The van der Waals surface area contributed by atoms with Crippen molar-refractivity contribution in [3.63, 3.8) is 0 Å². The number of hydrogen-bond donors (Lipinski definition) is 2. The highest BCUT2D eigenvalue weighted by molar-refractivity contribution is 7.99. The minimum Gasteiger partial charge on any atom is -0.462 e. The van der Waals surface area contributed by atoms with Crippen molar-refractivity contribution >= 4 is 52.5 Å². The number of nitrogens with zero attached hydrogens (tertiary/aromatic N) is 3. The molecule has 0 aliphatic heterocycles. The Morgan fingerprint density at radius 2 is 1.90 bits per heavy atom. The zero-order valence-corrected chi connectivity index (χ0v) is 18.1. The molecule has 3 rings (SSSR count). The molecule has 30 heavy (non-hydrogen) atoms. The highest BCUT2D eigenvalue weighted by atomic mass is 35.5. The fraction of sp³-hybridized carbons (Fsp3) is 0.158. The van der Waals surface area contributed by atoms with Crippen molar-refractivity contribution < 1.29 is 14.3 Å². The van der Waals surface area contributed by atoms with Crippen LogP contribution in [0.3, 0.4) is 0 Å². The maximum absolute atomic E-state index is 12.2. The van der Waals surface area contributed by atoms with Gasteiger partial charge in [0.2, 0.25) is 11.1 Å². The molecule has 1 aromatic heterocycles. The van der Waals surface area contributed by atoms with Crippen LogP contribution in [0.15, 0.2) is 47.6 Å². The van der Waals surface area contributed by atoms with Crippen molar-refractivity contribution in [1.82, 2.24) is 14.9 Å². The Labute approximate surface area is 186 Å². The molecular formula is C19H17Cl2N5O3S. The third-order valence-corrected chi connectivity index (χ3v) is 5.34. The standard InChI is InChI=1S/C19H17Cl2N5O3S/c1-2-29-18(28)11-3-6-13(7-4-11)23-16(27)10-30-19-25-24-17(26(19)22)14-8-5-12(20)9-15(14)21/h3-9H,2,10,22H2,1H3,(H,23,27). The van der Waals surface area contributed by atoms with Crippen LogP contribution in [0.5, 0.6) is 0 Å². The number of nitrogen functional groups attached to an aromatic ring is 1. The molecular weight excluding hydrogens is 449 g/mol. The van der Waals surface area contributed by atoms with Gasteiger partial charge >= 0.3 is 5.97 Å². The van der Waals surface area contributed by atoms with E-state index in [1.54, 1.807) is 49.4 Å². The molecule has 0 saturated carbocycles. The average molecular weight is 466 g/mol. The lowest BCUT2D eigenvalue weighted by molar-refractivity contribution is -0.113. The summed E-state index contributed by atoms with van der Waals surface area (Å²) in [4.78, 5) is 23.9. The van der Waals surface area contributed by atoms with Crippen LogP contribution in [0.25, 0.3) is 11.4 Å². The topological polar surface area (TPSA) is 112 Å². The summed E-state index contributed by atoms with van der Waals surface area (Å²) in [5, 5.41) is 12.0. The fourth-order valence-corrected chi connectivity index (χ4v) is 3.61. The normalized spacial score (nSPS) is 10.6. The van der Waals surface area contributed by atoms with Crippen LogP contribution in [0.1, 0.15) is 17.3 Å². The van der Waals surface area contributed by atoms with E-state index in [4.69, 9.17) is 33.8 Å². The molecule has 8 nitrogen and oxygen atoms in total. The van der Waals surface area contributed by atoms with Crippen molar-refractivity contribution in [1.29, 1.82) is 0 Å². The van der Waals surface area contributed by atoms with Crippen molar-refractivity contribution in [2.24, 2.45) is 0 Å². The third kappa shape index (κ3) is 5.24. The second kappa shape index (κ2) is 9.84. The molecule has 3 aromatic rings. The summed E-state index contributed by atoms with van der Waals surface area (Å²) in [6.45, 7) is 2.03. The zero-order valence-electron chi connectivity index (χ0n) is 15.8. The zero-order chi connectivity index (χ0) is 21.7. The summed E-state index contributed by atoms with van der Waals surface area (Å²) in [5.74, 6) is 5.79. The molecule has 0 fully saturated rings. The van der Waals surface area contributed by atoms with Gasteiger partial charge in [-0.3, -0.25) is 4.79 Å². The summed E-state index contributed by atoms with van der Waals surface area (Å²) in [6.07, 6.45) is 0. The van der Waals surface area contributed by atoms with Gasteiger partial charge in [-0.05, 0) is 49.4 Å². The summed E-state index contributed by atoms with van der Waals surface area (Å²) in [6, 6.07) is 11.4. The number of anilines is 1. The third-order valence-electron chi connectivity index (χ3n) is 3.85. The van der Waals surface area contributed by atoms with Crippen LogP contribution in [0, 0.1) is 0 Å². The van der Waals surface area contributed by atoms with Gasteiger partial charge in [0.25, 0.3) is 0 Å². The molecule has 0 aliphatic carbocycles. The molecule has 2 aromatic carbocycles. The van der Waals surface area contributed by atoms with E-state index in [2.05, 4.69) is 15.5 Å². The van der Waals surface area contributed by atoms with Crippen LogP contribution < -0.4 is 11.2 Å². The maximum atomic E-state index is 12.2. The number of benzene rings is 2. The number of amides is 1. The van der Waals surface area contributed by atoms with Crippen molar-refractivity contribution in [2.45, 2.75) is 12.1 Å². The molecule has 156 valence electrons. The number of halogens is 2.